The number of ether oxygens (including phenoxy) is 2. The number of alkyl carbamates (subject to hydrolysis) is 1. The van der Waals surface area contributed by atoms with Gasteiger partial charge in [-0.1, -0.05) is 17.9 Å². The number of rotatable bonds is 6. The molecule has 2 heterocycles. The topological polar surface area (TPSA) is 105 Å². The third kappa shape index (κ3) is 5.38. The summed E-state index contributed by atoms with van der Waals surface area (Å²) in [6.45, 7) is 4.96. The van der Waals surface area contributed by atoms with E-state index in [4.69, 9.17) is 22.3 Å². The monoisotopic (exact) mass is 461 g/mol. The van der Waals surface area contributed by atoms with Crippen LogP contribution in [0, 0.1) is 24.7 Å². The molecule has 0 aromatic heterocycles. The van der Waals surface area contributed by atoms with Crippen LogP contribution in [0.1, 0.15) is 27.2 Å². The van der Waals surface area contributed by atoms with Gasteiger partial charge < -0.3 is 24.6 Å². The van der Waals surface area contributed by atoms with E-state index in [0.717, 1.165) is 0 Å². The Morgan fingerprint density at radius 3 is 2.34 bits per heavy atom. The summed E-state index contributed by atoms with van der Waals surface area (Å²) >= 11 is 4.53. The molecule has 9 nitrogen and oxygen atoms in total. The van der Waals surface area contributed by atoms with Crippen molar-refractivity contribution in [3.05, 3.63) is 11.6 Å². The summed E-state index contributed by atoms with van der Waals surface area (Å²) < 4.78 is 9.96. The highest BCUT2D eigenvalue weighted by Gasteiger charge is 2.58. The van der Waals surface area contributed by atoms with Crippen LogP contribution in [0.5, 0.6) is 0 Å². The summed E-state index contributed by atoms with van der Waals surface area (Å²) in [6.07, 6.45) is 11.4. The van der Waals surface area contributed by atoms with Crippen LogP contribution in [-0.4, -0.2) is 82.9 Å². The van der Waals surface area contributed by atoms with Crippen LogP contribution in [0.4, 0.5) is 4.79 Å². The average molecular weight is 462 g/mol. The molecule has 32 heavy (non-hydrogen) atoms. The van der Waals surface area contributed by atoms with E-state index in [9.17, 15) is 19.2 Å². The van der Waals surface area contributed by atoms with Gasteiger partial charge in [0.15, 0.2) is 0 Å². The predicted molar refractivity (Wildman–Crippen MR) is 119 cm³/mol. The molecule has 2 aliphatic heterocycles. The molecule has 0 bridgehead atoms. The Labute approximate surface area is 193 Å². The van der Waals surface area contributed by atoms with E-state index >= 15 is 0 Å². The third-order valence-electron chi connectivity index (χ3n) is 4.91. The molecule has 3 amide bonds. The van der Waals surface area contributed by atoms with Gasteiger partial charge >= 0.3 is 12.1 Å². The van der Waals surface area contributed by atoms with Crippen molar-refractivity contribution in [1.29, 1.82) is 0 Å². The summed E-state index contributed by atoms with van der Waals surface area (Å²) in [5, 5.41) is 2.00. The number of carbonyl (C=O) groups excluding carboxylic acids is 4. The minimum Gasteiger partial charge on any atom is -0.469 e. The molecule has 0 radical (unpaired) electrons. The fourth-order valence-corrected chi connectivity index (χ4v) is 4.15. The zero-order valence-corrected chi connectivity index (χ0v) is 19.3. The molecule has 0 spiro atoms. The van der Waals surface area contributed by atoms with Crippen molar-refractivity contribution in [3.63, 3.8) is 0 Å². The van der Waals surface area contributed by atoms with Crippen LogP contribution < -0.4 is 5.32 Å². The summed E-state index contributed by atoms with van der Waals surface area (Å²) in [7, 11) is 1.22. The Kier molecular flexibility index (Phi) is 7.87. The van der Waals surface area contributed by atoms with Gasteiger partial charge in [0, 0.05) is 5.25 Å². The molecule has 0 aromatic carbocycles. The van der Waals surface area contributed by atoms with Gasteiger partial charge in [0.2, 0.25) is 5.91 Å². The molecular weight excluding hydrogens is 434 g/mol. The number of nitrogens with one attached hydrogen (secondary N) is 1. The summed E-state index contributed by atoms with van der Waals surface area (Å²) in [5.74, 6) is 3.13. The lowest BCUT2D eigenvalue weighted by molar-refractivity contribution is -0.161. The molecule has 0 saturated carbocycles. The maximum atomic E-state index is 13.3. The first kappa shape index (κ1) is 25.2. The van der Waals surface area contributed by atoms with E-state index in [2.05, 4.69) is 29.8 Å². The molecular formula is C22H27N3O6S. The molecule has 0 aromatic rings. The standard InChI is InChI=1S/C22H27N3O6S/c1-7-9-24(10-8-2)20(28)17-13(12-15(26)30-6)11-14(32)18-16(19(27)25(17)18)23-21(29)31-22(3,4)5/h1-2,11,14,16-18,32H,9-10,12H2,3-6H3,(H,23,29)/t14-,16-,17-,18+/m1/s1. The van der Waals surface area contributed by atoms with E-state index < -0.39 is 52.9 Å². The van der Waals surface area contributed by atoms with Crippen LogP contribution in [0.2, 0.25) is 0 Å². The third-order valence-corrected chi connectivity index (χ3v) is 5.36. The van der Waals surface area contributed by atoms with Crippen LogP contribution in [0.3, 0.4) is 0 Å². The van der Waals surface area contributed by atoms with Gasteiger partial charge in [-0.15, -0.1) is 12.8 Å². The van der Waals surface area contributed by atoms with Crippen molar-refractivity contribution in [1.82, 2.24) is 15.1 Å². The highest BCUT2D eigenvalue weighted by Crippen LogP contribution is 2.38. The first-order valence-electron chi connectivity index (χ1n) is 9.88. The Balaban J connectivity index is 2.37. The maximum absolute atomic E-state index is 13.3. The van der Waals surface area contributed by atoms with Gasteiger partial charge in [0.05, 0.1) is 32.7 Å². The van der Waals surface area contributed by atoms with Gasteiger partial charge in [0.1, 0.15) is 17.7 Å². The molecule has 2 rings (SSSR count). The number of fused-ring (bicyclic) bond motifs is 1. The second-order valence-corrected chi connectivity index (χ2v) is 8.95. The lowest BCUT2D eigenvalue weighted by atomic mass is 9.81. The number of carbonyl (C=O) groups is 4. The van der Waals surface area contributed by atoms with Gasteiger partial charge in [0.25, 0.3) is 5.91 Å². The van der Waals surface area contributed by atoms with Gasteiger partial charge in [-0.2, -0.15) is 12.6 Å². The summed E-state index contributed by atoms with van der Waals surface area (Å²) in [6, 6.07) is -2.69. The molecule has 10 heteroatoms. The number of thiol groups is 1. The molecule has 172 valence electrons. The molecule has 1 saturated heterocycles. The summed E-state index contributed by atoms with van der Waals surface area (Å²) in [4.78, 5) is 53.1. The number of β-lactam (4-membered cyclic amide) rings is 1. The number of hydrogen-bond acceptors (Lipinski definition) is 7. The average Bonchev–Trinajstić information content (AvgIpc) is 2.69. The van der Waals surface area contributed by atoms with Crippen molar-refractivity contribution in [2.75, 3.05) is 20.2 Å². The van der Waals surface area contributed by atoms with Gasteiger partial charge in [-0.3, -0.25) is 14.4 Å². The smallest absolute Gasteiger partial charge is 0.408 e. The maximum Gasteiger partial charge on any atom is 0.408 e. The fraction of sp³-hybridized carbons (Fsp3) is 0.545. The molecule has 1 fully saturated rings. The number of hydrogen-bond donors (Lipinski definition) is 2. The van der Waals surface area contributed by atoms with Crippen LogP contribution in [-0.2, 0) is 23.9 Å². The second-order valence-electron chi connectivity index (χ2n) is 8.35. The van der Waals surface area contributed by atoms with E-state index in [1.165, 1.54) is 16.9 Å². The predicted octanol–water partition coefficient (Wildman–Crippen LogP) is 0.356. The van der Waals surface area contributed by atoms with Gasteiger partial charge in [-0.05, 0) is 26.3 Å². The van der Waals surface area contributed by atoms with E-state index in [0.29, 0.717) is 5.57 Å². The molecule has 0 aliphatic carbocycles. The van der Waals surface area contributed by atoms with Crippen molar-refractivity contribution in [2.24, 2.45) is 0 Å². The zero-order chi connectivity index (χ0) is 24.2. The Bertz CT molecular complexity index is 894. The molecule has 2 aliphatic rings. The van der Waals surface area contributed by atoms with Crippen LogP contribution in [0.25, 0.3) is 0 Å². The van der Waals surface area contributed by atoms with E-state index in [1.54, 1.807) is 26.8 Å². The normalized spacial score (nSPS) is 24.0. The zero-order valence-electron chi connectivity index (χ0n) is 18.5. The number of terminal acetylenes is 2. The van der Waals surface area contributed by atoms with E-state index in [1.807, 2.05) is 0 Å². The minimum atomic E-state index is -1.12. The van der Waals surface area contributed by atoms with Gasteiger partial charge in [-0.25, -0.2) is 4.79 Å². The minimum absolute atomic E-state index is 0.0678. The number of amides is 3. The second kappa shape index (κ2) is 10.0. The van der Waals surface area contributed by atoms with Crippen molar-refractivity contribution < 1.29 is 28.7 Å². The number of esters is 1. The SMILES string of the molecule is C#CCN(CC#C)C(=O)[C@H]1C(CC(=O)OC)=C[C@@H](S)[C@H]2[C@@H](NC(=O)OC(C)(C)C)C(=O)N12. The molecule has 0 unspecified atom stereocenters. The fourth-order valence-electron chi connectivity index (χ4n) is 3.64. The molecule has 4 atom stereocenters. The number of nitrogens with zero attached hydrogens (tertiary/aromatic N) is 2. The van der Waals surface area contributed by atoms with Crippen molar-refractivity contribution >= 4 is 36.5 Å². The first-order valence-corrected chi connectivity index (χ1v) is 10.4. The van der Waals surface area contributed by atoms with Crippen molar-refractivity contribution in [3.8, 4) is 24.7 Å². The molecule has 1 N–H and O–H groups in total. The first-order chi connectivity index (χ1) is 14.9. The summed E-state index contributed by atoms with van der Waals surface area (Å²) in [5.41, 5.74) is -0.401. The lowest BCUT2D eigenvalue weighted by Crippen LogP contribution is -2.78. The largest absolute Gasteiger partial charge is 0.469 e. The van der Waals surface area contributed by atoms with Crippen molar-refractivity contribution in [2.45, 2.75) is 56.2 Å². The van der Waals surface area contributed by atoms with E-state index in [-0.39, 0.29) is 19.5 Å². The Hall–Kier alpha value is -3.11. The Morgan fingerprint density at radius 2 is 1.84 bits per heavy atom. The highest BCUT2D eigenvalue weighted by molar-refractivity contribution is 7.81. The number of methoxy groups -OCH3 is 1. The highest BCUT2D eigenvalue weighted by atomic mass is 32.1. The van der Waals surface area contributed by atoms with Crippen LogP contribution >= 0.6 is 12.6 Å². The quantitative estimate of drug-likeness (QED) is 0.195. The van der Waals surface area contributed by atoms with Crippen LogP contribution in [0.15, 0.2) is 11.6 Å². The Morgan fingerprint density at radius 1 is 1.25 bits per heavy atom. The lowest BCUT2D eigenvalue weighted by Gasteiger charge is -2.55.